The SMILES string of the molecule is CCC1CCCC(C(=O)O)C1C(=O)O.[NaH].[NaH]. The van der Waals surface area contributed by atoms with Crippen LogP contribution in [0.4, 0.5) is 0 Å². The quantitative estimate of drug-likeness (QED) is 0.704. The summed E-state index contributed by atoms with van der Waals surface area (Å²) in [5, 5.41) is 17.9. The van der Waals surface area contributed by atoms with E-state index in [4.69, 9.17) is 10.2 Å². The Balaban J connectivity index is 0. The van der Waals surface area contributed by atoms with E-state index in [1.807, 2.05) is 6.92 Å². The zero-order valence-corrected chi connectivity index (χ0v) is 8.27. The molecule has 0 bridgehead atoms. The molecule has 0 amide bonds. The Morgan fingerprint density at radius 3 is 2.06 bits per heavy atom. The average Bonchev–Trinajstić information content (AvgIpc) is 2.16. The van der Waals surface area contributed by atoms with E-state index in [1.54, 1.807) is 0 Å². The van der Waals surface area contributed by atoms with E-state index in [2.05, 4.69) is 0 Å². The summed E-state index contributed by atoms with van der Waals surface area (Å²) in [6.07, 6.45) is 2.93. The van der Waals surface area contributed by atoms with Crippen molar-refractivity contribution < 1.29 is 19.8 Å². The molecule has 3 atom stereocenters. The first kappa shape index (κ1) is 19.3. The molecule has 2 N–H and O–H groups in total. The van der Waals surface area contributed by atoms with Crippen molar-refractivity contribution in [1.29, 1.82) is 0 Å². The van der Waals surface area contributed by atoms with Crippen LogP contribution < -0.4 is 0 Å². The Hall–Kier alpha value is 0.940. The fourth-order valence-corrected chi connectivity index (χ4v) is 2.40. The Bertz CT molecular complexity index is 245. The number of rotatable bonds is 3. The van der Waals surface area contributed by atoms with Crippen molar-refractivity contribution in [1.82, 2.24) is 0 Å². The fraction of sp³-hybridized carbons (Fsp3) is 0.800. The van der Waals surface area contributed by atoms with Crippen LogP contribution in [0.1, 0.15) is 32.6 Å². The first-order valence-corrected chi connectivity index (χ1v) is 5.03. The summed E-state index contributed by atoms with van der Waals surface area (Å²) >= 11 is 0. The Kier molecular flexibility index (Phi) is 10.8. The zero-order chi connectivity index (χ0) is 10.7. The summed E-state index contributed by atoms with van der Waals surface area (Å²) in [6, 6.07) is 0. The number of hydrogen-bond donors (Lipinski definition) is 2. The van der Waals surface area contributed by atoms with Gasteiger partial charge in [0.2, 0.25) is 0 Å². The van der Waals surface area contributed by atoms with Crippen LogP contribution in [0.25, 0.3) is 0 Å². The molecule has 4 nitrogen and oxygen atoms in total. The molecule has 1 fully saturated rings. The monoisotopic (exact) mass is 248 g/mol. The van der Waals surface area contributed by atoms with E-state index in [-0.39, 0.29) is 65.0 Å². The van der Waals surface area contributed by atoms with Crippen molar-refractivity contribution in [3.8, 4) is 0 Å². The summed E-state index contributed by atoms with van der Waals surface area (Å²) in [7, 11) is 0. The van der Waals surface area contributed by atoms with Gasteiger partial charge in [-0.2, -0.15) is 0 Å². The molecule has 6 heteroatoms. The molecule has 1 aliphatic carbocycles. The molecular weight excluding hydrogens is 230 g/mol. The van der Waals surface area contributed by atoms with Gasteiger partial charge in [-0.15, -0.1) is 0 Å². The van der Waals surface area contributed by atoms with Gasteiger partial charge >= 0.3 is 71.1 Å². The van der Waals surface area contributed by atoms with Crippen LogP contribution >= 0.6 is 0 Å². The minimum atomic E-state index is -0.962. The van der Waals surface area contributed by atoms with Crippen LogP contribution in [0, 0.1) is 17.8 Å². The van der Waals surface area contributed by atoms with Crippen molar-refractivity contribution in [2.24, 2.45) is 17.8 Å². The molecule has 0 aromatic rings. The third kappa shape index (κ3) is 4.67. The second kappa shape index (κ2) is 8.95. The van der Waals surface area contributed by atoms with Gasteiger partial charge in [-0.05, 0) is 18.8 Å². The van der Waals surface area contributed by atoms with Crippen molar-refractivity contribution in [3.05, 3.63) is 0 Å². The van der Waals surface area contributed by atoms with Gasteiger partial charge < -0.3 is 10.2 Å². The topological polar surface area (TPSA) is 74.6 Å². The summed E-state index contributed by atoms with van der Waals surface area (Å²) in [6.45, 7) is 1.92. The molecule has 0 saturated heterocycles. The van der Waals surface area contributed by atoms with Crippen LogP contribution in [0.5, 0.6) is 0 Å². The van der Waals surface area contributed by atoms with Crippen molar-refractivity contribution in [2.75, 3.05) is 0 Å². The van der Waals surface area contributed by atoms with Gasteiger partial charge in [0.1, 0.15) is 0 Å². The van der Waals surface area contributed by atoms with Gasteiger partial charge in [-0.3, -0.25) is 9.59 Å². The van der Waals surface area contributed by atoms with Gasteiger partial charge in [-0.1, -0.05) is 19.8 Å². The first-order valence-electron chi connectivity index (χ1n) is 5.03. The van der Waals surface area contributed by atoms with E-state index in [9.17, 15) is 9.59 Å². The van der Waals surface area contributed by atoms with E-state index < -0.39 is 23.8 Å². The molecule has 0 aromatic carbocycles. The molecule has 1 saturated carbocycles. The zero-order valence-electron chi connectivity index (χ0n) is 8.27. The molecule has 0 spiro atoms. The third-order valence-electron chi connectivity index (χ3n) is 3.16. The number of hydrogen-bond acceptors (Lipinski definition) is 2. The number of carbonyl (C=O) groups is 2. The second-order valence-electron chi connectivity index (χ2n) is 3.91. The van der Waals surface area contributed by atoms with Crippen molar-refractivity contribution >= 4 is 71.1 Å². The molecule has 0 aliphatic heterocycles. The number of carboxylic acid groups (broad SMARTS) is 2. The average molecular weight is 248 g/mol. The normalized spacial score (nSPS) is 28.4. The molecule has 0 heterocycles. The van der Waals surface area contributed by atoms with Crippen LogP contribution in [0.3, 0.4) is 0 Å². The summed E-state index contributed by atoms with van der Waals surface area (Å²) in [4.78, 5) is 21.8. The van der Waals surface area contributed by atoms with Gasteiger partial charge in [0.15, 0.2) is 0 Å². The molecule has 16 heavy (non-hydrogen) atoms. The fourth-order valence-electron chi connectivity index (χ4n) is 2.40. The number of aliphatic carboxylic acids is 2. The second-order valence-corrected chi connectivity index (χ2v) is 3.91. The molecule has 0 aromatic heterocycles. The molecular formula is C10H18Na2O4. The molecule has 1 aliphatic rings. The van der Waals surface area contributed by atoms with Gasteiger partial charge in [-0.25, -0.2) is 0 Å². The van der Waals surface area contributed by atoms with Crippen LogP contribution in [-0.4, -0.2) is 81.3 Å². The van der Waals surface area contributed by atoms with Gasteiger partial charge in [0, 0.05) is 0 Å². The van der Waals surface area contributed by atoms with Crippen LogP contribution in [0.2, 0.25) is 0 Å². The maximum atomic E-state index is 11.0. The first-order chi connectivity index (χ1) is 6.57. The van der Waals surface area contributed by atoms with Crippen LogP contribution in [0.15, 0.2) is 0 Å². The predicted octanol–water partition coefficient (Wildman–Crippen LogP) is 0.301. The molecule has 1 rings (SSSR count). The Morgan fingerprint density at radius 1 is 1.12 bits per heavy atom. The summed E-state index contributed by atoms with van der Waals surface area (Å²) in [5.41, 5.74) is 0. The summed E-state index contributed by atoms with van der Waals surface area (Å²) in [5.74, 6) is -3.26. The van der Waals surface area contributed by atoms with Gasteiger partial charge in [0.25, 0.3) is 0 Å². The van der Waals surface area contributed by atoms with E-state index in [1.165, 1.54) is 0 Å². The minimum absolute atomic E-state index is 0. The standard InChI is InChI=1S/C10H16O4.2Na.2H/c1-2-6-4-3-5-7(9(11)12)8(6)10(13)14;;;;/h6-8H,2-5H2,1H3,(H,11,12)(H,13,14);;;;. The van der Waals surface area contributed by atoms with E-state index in [0.29, 0.717) is 6.42 Å². The van der Waals surface area contributed by atoms with Crippen molar-refractivity contribution in [2.45, 2.75) is 32.6 Å². The van der Waals surface area contributed by atoms with E-state index >= 15 is 0 Å². The summed E-state index contributed by atoms with van der Waals surface area (Å²) < 4.78 is 0. The molecule has 84 valence electrons. The maximum absolute atomic E-state index is 11.0. The van der Waals surface area contributed by atoms with Crippen molar-refractivity contribution in [3.63, 3.8) is 0 Å². The molecule has 3 unspecified atom stereocenters. The van der Waals surface area contributed by atoms with Gasteiger partial charge in [0.05, 0.1) is 11.8 Å². The molecule has 0 radical (unpaired) electrons. The van der Waals surface area contributed by atoms with Crippen LogP contribution in [-0.2, 0) is 9.59 Å². The third-order valence-corrected chi connectivity index (χ3v) is 3.16. The Labute approximate surface area is 140 Å². The Morgan fingerprint density at radius 2 is 1.69 bits per heavy atom. The van der Waals surface area contributed by atoms with E-state index in [0.717, 1.165) is 19.3 Å². The predicted molar refractivity (Wildman–Crippen MR) is 64.2 cm³/mol. The number of carboxylic acids is 2.